The number of carbonyl (C=O) groups is 3. The Balaban J connectivity index is 1.26. The minimum atomic E-state index is -1.22. The Morgan fingerprint density at radius 3 is 2.97 bits per heavy atom. The van der Waals surface area contributed by atoms with E-state index >= 15 is 0 Å². The second kappa shape index (κ2) is 11.1. The van der Waals surface area contributed by atoms with Crippen LogP contribution in [0.3, 0.4) is 0 Å². The SMILES string of the molecule is CON=C(C(=O)NC1C(=O)N2C(C(=O)O)=C(/C=C/CSc3nc4cccnc4s3)SCC12)c1csc(N)n1. The number of nitrogens with two attached hydrogens (primary N) is 1. The van der Waals surface area contributed by atoms with Gasteiger partial charge < -0.3 is 21.0 Å². The number of nitrogens with one attached hydrogen (secondary N) is 1. The van der Waals surface area contributed by atoms with Crippen LogP contribution in [-0.4, -0.2) is 79.2 Å². The summed E-state index contributed by atoms with van der Waals surface area (Å²) in [4.78, 5) is 58.1. The van der Waals surface area contributed by atoms with Crippen LogP contribution in [0.5, 0.6) is 0 Å². The van der Waals surface area contributed by atoms with Crippen molar-refractivity contribution >= 4 is 85.2 Å². The number of anilines is 1. The molecule has 5 heterocycles. The number of nitrogens with zero attached hydrogens (tertiary/aromatic N) is 5. The van der Waals surface area contributed by atoms with Crippen molar-refractivity contribution in [3.63, 3.8) is 0 Å². The molecule has 16 heteroatoms. The quantitative estimate of drug-likeness (QED) is 0.144. The molecule has 12 nitrogen and oxygen atoms in total. The van der Waals surface area contributed by atoms with Crippen molar-refractivity contribution in [2.45, 2.75) is 16.4 Å². The zero-order valence-electron chi connectivity index (χ0n) is 19.6. The molecule has 3 aromatic heterocycles. The maximum Gasteiger partial charge on any atom is 0.353 e. The van der Waals surface area contributed by atoms with E-state index < -0.39 is 29.9 Å². The van der Waals surface area contributed by atoms with Crippen LogP contribution in [0.25, 0.3) is 10.3 Å². The molecular formula is C22H19N7O5S4. The predicted octanol–water partition coefficient (Wildman–Crippen LogP) is 2.17. The second-order valence-corrected chi connectivity index (χ2v) is 12.0. The first-order valence-corrected chi connectivity index (χ1v) is 14.6. The predicted molar refractivity (Wildman–Crippen MR) is 147 cm³/mol. The molecule has 0 aliphatic carbocycles. The van der Waals surface area contributed by atoms with Crippen LogP contribution < -0.4 is 11.1 Å². The fraction of sp³-hybridized carbons (Fsp3) is 0.227. The number of fused-ring (bicyclic) bond motifs is 2. The molecule has 3 aromatic rings. The molecule has 5 rings (SSSR count). The third kappa shape index (κ3) is 5.11. The van der Waals surface area contributed by atoms with Gasteiger partial charge in [-0.2, -0.15) is 0 Å². The Labute approximate surface area is 232 Å². The largest absolute Gasteiger partial charge is 0.477 e. The molecule has 0 saturated carbocycles. The molecule has 1 fully saturated rings. The molecule has 4 N–H and O–H groups in total. The van der Waals surface area contributed by atoms with Crippen LogP contribution in [-0.2, 0) is 19.2 Å². The lowest BCUT2D eigenvalue weighted by Crippen LogP contribution is -2.73. The third-order valence-electron chi connectivity index (χ3n) is 5.47. The number of allylic oxidation sites excluding steroid dienone is 1. The fourth-order valence-electron chi connectivity index (χ4n) is 3.84. The summed E-state index contributed by atoms with van der Waals surface area (Å²) in [6.07, 6.45) is 5.27. The number of amides is 2. The highest BCUT2D eigenvalue weighted by molar-refractivity contribution is 8.03. The summed E-state index contributed by atoms with van der Waals surface area (Å²) >= 11 is 5.45. The molecule has 2 aliphatic rings. The van der Waals surface area contributed by atoms with Gasteiger partial charge in [0, 0.05) is 28.0 Å². The topological polar surface area (TPSA) is 173 Å². The number of hydrogen-bond donors (Lipinski definition) is 3. The summed E-state index contributed by atoms with van der Waals surface area (Å²) < 4.78 is 0.861. The standard InChI is InChI=1S/C22H19N7O5S4/c1-34-28-14(11-8-37-21(23)25-11)17(30)27-15-12-9-36-13(16(20(32)33)29(12)19(15)31)5-3-7-35-22-26-10-4-2-6-24-18(10)38-22/h2-6,8,12,15H,7,9H2,1H3,(H2,23,25)(H,27,30)(H,32,33)/b5-3+,28-14?. The second-order valence-electron chi connectivity index (χ2n) is 7.77. The molecule has 38 heavy (non-hydrogen) atoms. The summed E-state index contributed by atoms with van der Waals surface area (Å²) in [7, 11) is 1.28. The minimum Gasteiger partial charge on any atom is -0.477 e. The van der Waals surface area contributed by atoms with Gasteiger partial charge in [-0.15, -0.1) is 23.1 Å². The van der Waals surface area contributed by atoms with Crippen LogP contribution in [0.4, 0.5) is 5.13 Å². The summed E-state index contributed by atoms with van der Waals surface area (Å²) in [6.45, 7) is 0. The highest BCUT2D eigenvalue weighted by atomic mass is 32.2. The number of aliphatic carboxylic acids is 1. The number of pyridine rings is 1. The number of thioether (sulfide) groups is 2. The van der Waals surface area contributed by atoms with E-state index in [-0.39, 0.29) is 22.2 Å². The zero-order chi connectivity index (χ0) is 26.8. The van der Waals surface area contributed by atoms with Gasteiger partial charge in [0.2, 0.25) is 0 Å². The number of carbonyl (C=O) groups excluding carboxylic acids is 2. The molecule has 1 saturated heterocycles. The highest BCUT2D eigenvalue weighted by Gasteiger charge is 2.54. The summed E-state index contributed by atoms with van der Waals surface area (Å²) in [5.74, 6) is -1.43. The molecule has 0 radical (unpaired) electrons. The van der Waals surface area contributed by atoms with Gasteiger partial charge in [0.05, 0.1) is 6.04 Å². The van der Waals surface area contributed by atoms with Gasteiger partial charge in [-0.25, -0.2) is 19.7 Å². The van der Waals surface area contributed by atoms with E-state index in [2.05, 4.69) is 25.4 Å². The maximum atomic E-state index is 13.0. The Morgan fingerprint density at radius 2 is 2.26 bits per heavy atom. The summed E-state index contributed by atoms with van der Waals surface area (Å²) in [6, 6.07) is 2.31. The third-order valence-corrected chi connectivity index (χ3v) is 9.37. The number of aromatic nitrogens is 3. The normalized spacial score (nSPS) is 19.6. The number of nitrogen functional groups attached to an aromatic ring is 1. The molecule has 0 bridgehead atoms. The fourth-order valence-corrected chi connectivity index (χ4v) is 7.41. The van der Waals surface area contributed by atoms with Crippen molar-refractivity contribution in [3.05, 3.63) is 52.2 Å². The van der Waals surface area contributed by atoms with Crippen LogP contribution in [0.15, 0.2) is 56.0 Å². The van der Waals surface area contributed by atoms with Crippen molar-refractivity contribution in [2.75, 3.05) is 24.3 Å². The van der Waals surface area contributed by atoms with Crippen molar-refractivity contribution in [3.8, 4) is 0 Å². The van der Waals surface area contributed by atoms with Crippen LogP contribution in [0.2, 0.25) is 0 Å². The lowest BCUT2D eigenvalue weighted by molar-refractivity contribution is -0.153. The number of carboxylic acid groups (broad SMARTS) is 1. The molecule has 2 atom stereocenters. The van der Waals surface area contributed by atoms with Gasteiger partial charge in [-0.3, -0.25) is 14.5 Å². The van der Waals surface area contributed by atoms with E-state index in [4.69, 9.17) is 10.6 Å². The molecule has 2 unspecified atom stereocenters. The molecule has 2 aliphatic heterocycles. The van der Waals surface area contributed by atoms with E-state index in [1.807, 2.05) is 18.2 Å². The van der Waals surface area contributed by atoms with Crippen molar-refractivity contribution in [1.29, 1.82) is 0 Å². The Bertz CT molecular complexity index is 1480. The highest BCUT2D eigenvalue weighted by Crippen LogP contribution is 2.40. The van der Waals surface area contributed by atoms with Gasteiger partial charge in [-0.1, -0.05) is 34.3 Å². The van der Waals surface area contributed by atoms with Crippen LogP contribution in [0, 0.1) is 0 Å². The molecule has 196 valence electrons. The molecule has 2 amide bonds. The first kappa shape index (κ1) is 26.1. The van der Waals surface area contributed by atoms with Gasteiger partial charge in [0.1, 0.15) is 34.9 Å². The van der Waals surface area contributed by atoms with Crippen molar-refractivity contribution < 1.29 is 24.3 Å². The van der Waals surface area contributed by atoms with Crippen molar-refractivity contribution in [2.24, 2.45) is 5.16 Å². The van der Waals surface area contributed by atoms with E-state index in [9.17, 15) is 19.5 Å². The number of carboxylic acids is 1. The van der Waals surface area contributed by atoms with Crippen molar-refractivity contribution in [1.82, 2.24) is 25.2 Å². The Hall–Kier alpha value is -3.47. The van der Waals surface area contributed by atoms with Gasteiger partial charge in [-0.05, 0) is 18.2 Å². The maximum absolute atomic E-state index is 13.0. The van der Waals surface area contributed by atoms with Gasteiger partial charge in [0.15, 0.2) is 15.2 Å². The molecular weight excluding hydrogens is 571 g/mol. The van der Waals surface area contributed by atoms with Crippen LogP contribution >= 0.6 is 46.2 Å². The lowest BCUT2D eigenvalue weighted by Gasteiger charge is -2.49. The summed E-state index contributed by atoms with van der Waals surface area (Å²) in [5, 5.41) is 18.0. The smallest absolute Gasteiger partial charge is 0.353 e. The number of hydrogen-bond acceptors (Lipinski definition) is 13. The summed E-state index contributed by atoms with van der Waals surface area (Å²) in [5.41, 5.74) is 6.46. The number of β-lactam (4-membered cyclic amide) rings is 1. The monoisotopic (exact) mass is 589 g/mol. The first-order chi connectivity index (χ1) is 18.4. The molecule has 0 aromatic carbocycles. The zero-order valence-corrected chi connectivity index (χ0v) is 22.8. The Morgan fingerprint density at radius 1 is 1.42 bits per heavy atom. The van der Waals surface area contributed by atoms with E-state index in [1.165, 1.54) is 46.9 Å². The van der Waals surface area contributed by atoms with E-state index in [0.29, 0.717) is 16.4 Å². The average Bonchev–Trinajstić information content (AvgIpc) is 3.53. The molecule has 0 spiro atoms. The average molecular weight is 590 g/mol. The lowest BCUT2D eigenvalue weighted by atomic mass is 9.94. The van der Waals surface area contributed by atoms with E-state index in [0.717, 1.165) is 26.0 Å². The number of thiazole rings is 2. The van der Waals surface area contributed by atoms with Gasteiger partial charge in [0.25, 0.3) is 11.8 Å². The van der Waals surface area contributed by atoms with Gasteiger partial charge >= 0.3 is 5.97 Å². The Kier molecular flexibility index (Phi) is 7.64. The van der Waals surface area contributed by atoms with E-state index in [1.54, 1.807) is 17.7 Å². The number of rotatable bonds is 9. The first-order valence-electron chi connectivity index (χ1n) is 10.9. The number of oxime groups is 1. The van der Waals surface area contributed by atoms with Crippen LogP contribution in [0.1, 0.15) is 5.69 Å². The minimum absolute atomic E-state index is 0.106.